The van der Waals surface area contributed by atoms with Crippen LogP contribution in [0.5, 0.6) is 0 Å². The fraction of sp³-hybridized carbons (Fsp3) is 0.538. The number of aliphatic hydroxyl groups is 1. The molecule has 0 amide bonds. The number of aliphatic hydroxyl groups excluding tert-OH is 1. The molecule has 1 aromatic rings. The molecule has 0 saturated carbocycles. The molecule has 2 nitrogen and oxygen atoms in total. The molecule has 0 heterocycles. The van der Waals surface area contributed by atoms with Crippen LogP contribution in [0.1, 0.15) is 37.3 Å². The van der Waals surface area contributed by atoms with Crippen LogP contribution in [-0.2, 0) is 6.54 Å². The van der Waals surface area contributed by atoms with E-state index in [-0.39, 0.29) is 11.7 Å². The van der Waals surface area contributed by atoms with Gasteiger partial charge in [-0.3, -0.25) is 0 Å². The van der Waals surface area contributed by atoms with Gasteiger partial charge < -0.3 is 10.4 Å². The van der Waals surface area contributed by atoms with Crippen molar-refractivity contribution in [2.45, 2.75) is 38.8 Å². The quantitative estimate of drug-likeness (QED) is 0.722. The SMILES string of the molecule is CC(O)CCCNCc1ccc(C(F)F)cc1. The lowest BCUT2D eigenvalue weighted by Crippen LogP contribution is -2.16. The van der Waals surface area contributed by atoms with Gasteiger partial charge in [-0.25, -0.2) is 8.78 Å². The highest BCUT2D eigenvalue weighted by Gasteiger charge is 2.05. The maximum absolute atomic E-state index is 12.3. The van der Waals surface area contributed by atoms with Crippen molar-refractivity contribution in [2.75, 3.05) is 6.54 Å². The Balaban J connectivity index is 2.23. The Hall–Kier alpha value is -1.00. The van der Waals surface area contributed by atoms with Crippen LogP contribution >= 0.6 is 0 Å². The van der Waals surface area contributed by atoms with Crippen LogP contribution in [0.25, 0.3) is 0 Å². The van der Waals surface area contributed by atoms with Crippen molar-refractivity contribution in [2.24, 2.45) is 0 Å². The Bertz CT molecular complexity index is 312. The summed E-state index contributed by atoms with van der Waals surface area (Å²) in [5.41, 5.74) is 1.05. The van der Waals surface area contributed by atoms with E-state index in [1.807, 2.05) is 0 Å². The summed E-state index contributed by atoms with van der Waals surface area (Å²) in [5, 5.41) is 12.3. The summed E-state index contributed by atoms with van der Waals surface area (Å²) in [6.45, 7) is 3.26. The zero-order valence-electron chi connectivity index (χ0n) is 10.00. The van der Waals surface area contributed by atoms with Crippen molar-refractivity contribution in [1.82, 2.24) is 5.32 Å². The van der Waals surface area contributed by atoms with E-state index in [2.05, 4.69) is 5.32 Å². The Labute approximate surface area is 101 Å². The molecule has 0 aliphatic rings. The van der Waals surface area contributed by atoms with Crippen molar-refractivity contribution < 1.29 is 13.9 Å². The van der Waals surface area contributed by atoms with E-state index in [0.29, 0.717) is 6.54 Å². The van der Waals surface area contributed by atoms with Gasteiger partial charge in [-0.2, -0.15) is 0 Å². The zero-order chi connectivity index (χ0) is 12.7. The predicted molar refractivity (Wildman–Crippen MR) is 64.0 cm³/mol. The van der Waals surface area contributed by atoms with Gasteiger partial charge in [0.25, 0.3) is 6.43 Å². The Kier molecular flexibility index (Phi) is 6.08. The number of hydrogen-bond donors (Lipinski definition) is 2. The molecule has 17 heavy (non-hydrogen) atoms. The first-order chi connectivity index (χ1) is 8.09. The van der Waals surface area contributed by atoms with Gasteiger partial charge in [0.05, 0.1) is 6.10 Å². The predicted octanol–water partition coefficient (Wildman–Crippen LogP) is 2.87. The first-order valence-electron chi connectivity index (χ1n) is 5.85. The number of rotatable bonds is 7. The van der Waals surface area contributed by atoms with Crippen molar-refractivity contribution in [1.29, 1.82) is 0 Å². The van der Waals surface area contributed by atoms with E-state index < -0.39 is 6.43 Å². The van der Waals surface area contributed by atoms with Crippen LogP contribution in [0.15, 0.2) is 24.3 Å². The van der Waals surface area contributed by atoms with Gasteiger partial charge in [0.15, 0.2) is 0 Å². The minimum Gasteiger partial charge on any atom is -0.393 e. The number of alkyl halides is 2. The second kappa shape index (κ2) is 7.35. The lowest BCUT2D eigenvalue weighted by molar-refractivity contribution is 0.151. The van der Waals surface area contributed by atoms with Crippen LogP contribution in [0.3, 0.4) is 0 Å². The third-order valence-corrected chi connectivity index (χ3v) is 2.54. The topological polar surface area (TPSA) is 32.3 Å². The minimum atomic E-state index is -2.40. The summed E-state index contributed by atoms with van der Waals surface area (Å²) in [6, 6.07) is 6.33. The standard InChI is InChI=1S/C13H19F2NO/c1-10(17)3-2-8-16-9-11-4-6-12(7-5-11)13(14)15/h4-7,10,13,16-17H,2-3,8-9H2,1H3. The molecule has 2 N–H and O–H groups in total. The summed E-state index contributed by atoms with van der Waals surface area (Å²) >= 11 is 0. The molecular formula is C13H19F2NO. The molecule has 0 aromatic heterocycles. The van der Waals surface area contributed by atoms with Crippen LogP contribution in [-0.4, -0.2) is 17.8 Å². The van der Waals surface area contributed by atoms with E-state index in [9.17, 15) is 8.78 Å². The molecule has 1 unspecified atom stereocenters. The Morgan fingerprint density at radius 2 is 1.88 bits per heavy atom. The average molecular weight is 243 g/mol. The molecule has 0 aliphatic heterocycles. The van der Waals surface area contributed by atoms with E-state index in [1.165, 1.54) is 12.1 Å². The fourth-order valence-corrected chi connectivity index (χ4v) is 1.54. The second-order valence-corrected chi connectivity index (χ2v) is 4.21. The third kappa shape index (κ3) is 5.75. The van der Waals surface area contributed by atoms with Crippen molar-refractivity contribution in [3.8, 4) is 0 Å². The van der Waals surface area contributed by atoms with Crippen molar-refractivity contribution in [3.05, 3.63) is 35.4 Å². The van der Waals surface area contributed by atoms with E-state index in [0.717, 1.165) is 24.9 Å². The monoisotopic (exact) mass is 243 g/mol. The van der Waals surface area contributed by atoms with Gasteiger partial charge in [0.2, 0.25) is 0 Å². The van der Waals surface area contributed by atoms with E-state index >= 15 is 0 Å². The highest BCUT2D eigenvalue weighted by molar-refractivity contribution is 5.23. The van der Waals surface area contributed by atoms with E-state index in [1.54, 1.807) is 19.1 Å². The molecule has 0 saturated heterocycles. The van der Waals surface area contributed by atoms with Gasteiger partial charge in [0, 0.05) is 12.1 Å². The van der Waals surface area contributed by atoms with Gasteiger partial charge in [-0.1, -0.05) is 24.3 Å². The van der Waals surface area contributed by atoms with Gasteiger partial charge >= 0.3 is 0 Å². The molecule has 1 rings (SSSR count). The maximum atomic E-state index is 12.3. The Morgan fingerprint density at radius 3 is 2.41 bits per heavy atom. The summed E-state index contributed by atoms with van der Waals surface area (Å²) in [6.07, 6.45) is -0.977. The molecular weight excluding hydrogens is 224 g/mol. The van der Waals surface area contributed by atoms with Crippen molar-refractivity contribution >= 4 is 0 Å². The van der Waals surface area contributed by atoms with Crippen LogP contribution < -0.4 is 5.32 Å². The highest BCUT2D eigenvalue weighted by Crippen LogP contribution is 2.18. The summed E-state index contributed by atoms with van der Waals surface area (Å²) in [5.74, 6) is 0. The van der Waals surface area contributed by atoms with E-state index in [4.69, 9.17) is 5.11 Å². The molecule has 0 aliphatic carbocycles. The van der Waals surface area contributed by atoms with Gasteiger partial charge in [0.1, 0.15) is 0 Å². The van der Waals surface area contributed by atoms with Crippen LogP contribution in [0.2, 0.25) is 0 Å². The fourth-order valence-electron chi connectivity index (χ4n) is 1.54. The first-order valence-corrected chi connectivity index (χ1v) is 5.85. The molecule has 0 bridgehead atoms. The largest absolute Gasteiger partial charge is 0.393 e. The number of hydrogen-bond acceptors (Lipinski definition) is 2. The van der Waals surface area contributed by atoms with Crippen LogP contribution in [0.4, 0.5) is 8.78 Å². The third-order valence-electron chi connectivity index (χ3n) is 2.54. The molecule has 4 heteroatoms. The van der Waals surface area contributed by atoms with Gasteiger partial charge in [-0.05, 0) is 31.9 Å². The molecule has 0 spiro atoms. The lowest BCUT2D eigenvalue weighted by atomic mass is 10.1. The summed E-state index contributed by atoms with van der Waals surface area (Å²) in [7, 11) is 0. The summed E-state index contributed by atoms with van der Waals surface area (Å²) < 4.78 is 24.6. The van der Waals surface area contributed by atoms with Crippen molar-refractivity contribution in [3.63, 3.8) is 0 Å². The zero-order valence-corrected chi connectivity index (χ0v) is 10.00. The molecule has 1 aromatic carbocycles. The molecule has 96 valence electrons. The normalized spacial score (nSPS) is 13.0. The maximum Gasteiger partial charge on any atom is 0.263 e. The number of nitrogens with one attached hydrogen (secondary N) is 1. The smallest absolute Gasteiger partial charge is 0.263 e. The molecule has 0 fully saturated rings. The van der Waals surface area contributed by atoms with Gasteiger partial charge in [-0.15, -0.1) is 0 Å². The van der Waals surface area contributed by atoms with Crippen LogP contribution in [0, 0.1) is 0 Å². The molecule has 0 radical (unpaired) electrons. The average Bonchev–Trinajstić information content (AvgIpc) is 2.29. The highest BCUT2D eigenvalue weighted by atomic mass is 19.3. The minimum absolute atomic E-state index is 0.0582. The Morgan fingerprint density at radius 1 is 1.24 bits per heavy atom. The first kappa shape index (κ1) is 14.1. The number of benzene rings is 1. The summed E-state index contributed by atoms with van der Waals surface area (Å²) in [4.78, 5) is 0. The second-order valence-electron chi connectivity index (χ2n) is 4.21. The molecule has 1 atom stereocenters. The lowest BCUT2D eigenvalue weighted by Gasteiger charge is -2.07. The number of halogens is 2.